The van der Waals surface area contributed by atoms with Gasteiger partial charge in [-0.2, -0.15) is 0 Å². The third kappa shape index (κ3) is 23.3. The van der Waals surface area contributed by atoms with Gasteiger partial charge in [-0.25, -0.2) is 0 Å². The molecule has 20 aliphatic rings. The van der Waals surface area contributed by atoms with Crippen LogP contribution in [0.3, 0.4) is 0 Å². The average molecular weight is 1340 g/mol. The molecule has 12 unspecified atom stereocenters. The van der Waals surface area contributed by atoms with Gasteiger partial charge in [0.05, 0.1) is 0 Å². The van der Waals surface area contributed by atoms with E-state index in [9.17, 15) is 0 Å². The van der Waals surface area contributed by atoms with Crippen LogP contribution in [0.25, 0.3) is 0 Å². The van der Waals surface area contributed by atoms with Crippen molar-refractivity contribution < 1.29 is 0 Å². The standard InChI is InChI=1S/C14H26.3C13H24.C12H22.2C11H20.C10H18/c1-11(2)14-9-12-5-3-6-13(10-14)8-4-7-12;1-13(2,3)12-10-6-4-5-7-11(12)9-8-10;1-10(2)13-9-11-5-3-7-12(13)8-4-6-11;1-10(2)13-9-11-5-3-4-6-12(13)8-7-11;1-12(2,3)11-8-9-4-6-10(11)7-5-9;1-11(2,3)10-7-8-4-5-9(10)6-8;1-11(2,3)10-8-4-5-9(10)7-6-8;1-7(2)10-8-4-3-5-9(10)6-8/h11-14H,3-10H2,1-2H3;10-12H,4-9H2,1-3H3;2*10-13H,3-9H2,1-2H3;9-11H,4-8H2,1-3H3;2*8-10H,4-7H2,1-3H3;7-10H,3-6H2,1-2H3. The topological polar surface area (TPSA) is 0 Å². The minimum absolute atomic E-state index is 0.566. The van der Waals surface area contributed by atoms with E-state index in [0.29, 0.717) is 21.7 Å². The van der Waals surface area contributed by atoms with Gasteiger partial charge in [0.2, 0.25) is 0 Å². The molecule has 12 atom stereocenters. The zero-order valence-electron chi connectivity index (χ0n) is 70.0. The van der Waals surface area contributed by atoms with Crippen molar-refractivity contribution in [3.63, 3.8) is 0 Å². The van der Waals surface area contributed by atoms with Crippen LogP contribution in [0.15, 0.2) is 0 Å². The average Bonchev–Trinajstić information content (AvgIpc) is 1.78. The van der Waals surface area contributed by atoms with E-state index in [2.05, 4.69) is 138 Å². The van der Waals surface area contributed by atoms with Crippen molar-refractivity contribution in [1.82, 2.24) is 0 Å². The normalized spacial score (nSPS) is 41.6. The Morgan fingerprint density at radius 1 is 0.196 bits per heavy atom. The van der Waals surface area contributed by atoms with Crippen molar-refractivity contribution in [2.45, 2.75) is 427 Å². The Kier molecular flexibility index (Phi) is 30.9. The lowest BCUT2D eigenvalue weighted by Gasteiger charge is -2.51. The van der Waals surface area contributed by atoms with Crippen LogP contribution < -0.4 is 0 Å². The summed E-state index contributed by atoms with van der Waals surface area (Å²) < 4.78 is 0. The number of hydrogen-bond acceptors (Lipinski definition) is 0. The van der Waals surface area contributed by atoms with Gasteiger partial charge in [-0.15, -0.1) is 0 Å². The van der Waals surface area contributed by atoms with E-state index in [4.69, 9.17) is 0 Å². The summed E-state index contributed by atoms with van der Waals surface area (Å²) in [6, 6.07) is 0. The van der Waals surface area contributed by atoms with Gasteiger partial charge in [0.1, 0.15) is 0 Å². The minimum atomic E-state index is 0.566. The first-order valence-electron chi connectivity index (χ1n) is 45.9. The summed E-state index contributed by atoms with van der Waals surface area (Å²) in [6.45, 7) is 48.6. The molecule has 20 fully saturated rings. The Bertz CT molecular complexity index is 2080. The van der Waals surface area contributed by atoms with Gasteiger partial charge in [-0.1, -0.05) is 312 Å². The molecule has 20 rings (SSSR count). The van der Waals surface area contributed by atoms with E-state index >= 15 is 0 Å². The molecule has 0 heterocycles. The molecule has 20 aliphatic carbocycles. The van der Waals surface area contributed by atoms with E-state index in [0.717, 1.165) is 166 Å². The van der Waals surface area contributed by atoms with Crippen LogP contribution in [0, 0.1) is 187 Å². The highest BCUT2D eigenvalue weighted by atomic mass is 14.5. The number of fused-ring (bicyclic) bond motifs is 25. The molecular weight excluding hydrogens is 1170 g/mol. The molecule has 20 saturated carbocycles. The molecule has 97 heavy (non-hydrogen) atoms. The van der Waals surface area contributed by atoms with Gasteiger partial charge >= 0.3 is 0 Å². The summed E-state index contributed by atoms with van der Waals surface area (Å²) in [7, 11) is 0. The molecule has 0 aromatic rings. The Morgan fingerprint density at radius 2 is 0.485 bits per heavy atom. The molecule has 0 spiro atoms. The Hall–Kier alpha value is 0. The Morgan fingerprint density at radius 3 is 0.814 bits per heavy atom. The summed E-state index contributed by atoms with van der Waals surface area (Å²) in [5.74, 6) is 29.8. The lowest BCUT2D eigenvalue weighted by molar-refractivity contribution is -0.0178. The zero-order chi connectivity index (χ0) is 70.0. The van der Waals surface area contributed by atoms with Crippen molar-refractivity contribution in [3.8, 4) is 0 Å². The smallest absolute Gasteiger partial charge is 0.0309 e. The summed E-state index contributed by atoms with van der Waals surface area (Å²) in [4.78, 5) is 0. The van der Waals surface area contributed by atoms with Crippen LogP contribution in [0.2, 0.25) is 0 Å². The van der Waals surface area contributed by atoms with E-state index in [1.165, 1.54) is 173 Å². The molecule has 0 aliphatic heterocycles. The first-order chi connectivity index (χ1) is 45.9. The van der Waals surface area contributed by atoms with Gasteiger partial charge in [0.15, 0.2) is 0 Å². The van der Waals surface area contributed by atoms with Gasteiger partial charge in [-0.05, 0) is 303 Å². The van der Waals surface area contributed by atoms with E-state index in [1.807, 2.05) is 0 Å². The summed E-state index contributed by atoms with van der Waals surface area (Å²) in [5.41, 5.74) is 2.31. The molecule has 0 aromatic carbocycles. The molecule has 16 bridgehead atoms. The molecule has 0 radical (unpaired) electrons. The van der Waals surface area contributed by atoms with Crippen LogP contribution in [-0.2, 0) is 0 Å². The largest absolute Gasteiger partial charge is 0.0625 e. The first-order valence-corrected chi connectivity index (χ1v) is 45.9. The van der Waals surface area contributed by atoms with Crippen LogP contribution >= 0.6 is 0 Å². The lowest BCUT2D eigenvalue weighted by atomic mass is 9.54. The third-order valence-corrected chi connectivity index (χ3v) is 33.3. The Labute approximate surface area is 611 Å². The maximum Gasteiger partial charge on any atom is -0.0309 e. The zero-order valence-corrected chi connectivity index (χ0v) is 70.0. The molecule has 0 N–H and O–H groups in total. The van der Waals surface area contributed by atoms with Crippen LogP contribution in [0.1, 0.15) is 427 Å². The minimum Gasteiger partial charge on any atom is -0.0625 e. The summed E-state index contributed by atoms with van der Waals surface area (Å²) >= 11 is 0. The van der Waals surface area contributed by atoms with Gasteiger partial charge in [0.25, 0.3) is 0 Å². The van der Waals surface area contributed by atoms with Crippen LogP contribution in [0.4, 0.5) is 0 Å². The highest BCUT2D eigenvalue weighted by molar-refractivity contribution is 4.99. The van der Waals surface area contributed by atoms with Crippen molar-refractivity contribution in [1.29, 1.82) is 0 Å². The maximum atomic E-state index is 2.45. The quantitative estimate of drug-likeness (QED) is 0.263. The van der Waals surface area contributed by atoms with Gasteiger partial charge < -0.3 is 0 Å². The third-order valence-electron chi connectivity index (χ3n) is 33.3. The van der Waals surface area contributed by atoms with Gasteiger partial charge in [-0.3, -0.25) is 0 Å². The van der Waals surface area contributed by atoms with Crippen molar-refractivity contribution in [2.75, 3.05) is 0 Å². The predicted molar refractivity (Wildman–Crippen MR) is 429 cm³/mol. The maximum absolute atomic E-state index is 2.45. The second-order valence-corrected chi connectivity index (χ2v) is 45.3. The fourth-order valence-corrected chi connectivity index (χ4v) is 28.7. The first kappa shape index (κ1) is 81.1. The highest BCUT2D eigenvalue weighted by Gasteiger charge is 2.49. The van der Waals surface area contributed by atoms with Gasteiger partial charge in [0, 0.05) is 0 Å². The van der Waals surface area contributed by atoms with Crippen LogP contribution in [-0.4, -0.2) is 0 Å². The van der Waals surface area contributed by atoms with Crippen molar-refractivity contribution in [3.05, 3.63) is 0 Å². The summed E-state index contributed by atoms with van der Waals surface area (Å²) in [6.07, 6.45) is 69.2. The van der Waals surface area contributed by atoms with E-state index in [1.54, 1.807) is 116 Å². The van der Waals surface area contributed by atoms with E-state index in [-0.39, 0.29) is 0 Å². The molecule has 0 nitrogen and oxygen atoms in total. The SMILES string of the molecule is CC(C)(C)C1C2CCC1CC2.CC(C)(C)C1C2CCCCC1CC2.CC(C)(C)C1CC2CCC1C2.CC(C)(C)C1CC2CCC1CC2.CC(C)C1C2CCCC1C2.CC(C)C1CC2CCCC(CCC2)C1.CC(C)C1CC2CCCC1CCC2.CC(C)C1CC2CCCCC1CC2. The summed E-state index contributed by atoms with van der Waals surface area (Å²) in [5, 5.41) is 0. The molecule has 566 valence electrons. The lowest BCUT2D eigenvalue weighted by Crippen LogP contribution is -2.43. The molecule has 0 aromatic heterocycles. The fraction of sp³-hybridized carbons (Fsp3) is 1.00. The second-order valence-electron chi connectivity index (χ2n) is 45.3. The number of hydrogen-bond donors (Lipinski definition) is 0. The second kappa shape index (κ2) is 37.0. The predicted octanol–water partition coefficient (Wildman–Crippen LogP) is 31.3. The Balaban J connectivity index is 0.000000130. The fourth-order valence-electron chi connectivity index (χ4n) is 28.7. The molecule has 0 heteroatoms. The highest BCUT2D eigenvalue weighted by Crippen LogP contribution is 2.59. The number of rotatable bonds is 4. The van der Waals surface area contributed by atoms with E-state index < -0.39 is 0 Å². The molecule has 0 amide bonds. The molecular formula is C97H178. The van der Waals surface area contributed by atoms with Crippen LogP contribution in [0.5, 0.6) is 0 Å². The molecule has 0 saturated heterocycles. The van der Waals surface area contributed by atoms with Crippen molar-refractivity contribution in [2.24, 2.45) is 187 Å². The monoisotopic (exact) mass is 1340 g/mol. The van der Waals surface area contributed by atoms with Crippen molar-refractivity contribution >= 4 is 0 Å².